The zero-order valence-corrected chi connectivity index (χ0v) is 18.3. The number of thioether (sulfide) groups is 1. The molecular formula is C19H20N8O2S2. The number of aromatic nitrogens is 5. The summed E-state index contributed by atoms with van der Waals surface area (Å²) in [5.41, 5.74) is 1.41. The Hall–Kier alpha value is -3.25. The molecule has 0 saturated carbocycles. The van der Waals surface area contributed by atoms with Crippen LogP contribution in [0.1, 0.15) is 22.6 Å². The normalized spacial score (nSPS) is 10.9. The van der Waals surface area contributed by atoms with E-state index in [-0.39, 0.29) is 12.5 Å². The molecule has 10 nitrogen and oxygen atoms in total. The summed E-state index contributed by atoms with van der Waals surface area (Å²) < 4.78 is 5.59. The predicted octanol–water partition coefficient (Wildman–Crippen LogP) is 3.04. The molecule has 0 aliphatic carbocycles. The maximum atomic E-state index is 12.3. The van der Waals surface area contributed by atoms with E-state index >= 15 is 0 Å². The molecule has 0 bridgehead atoms. The zero-order valence-electron chi connectivity index (χ0n) is 16.7. The number of benzene rings is 1. The van der Waals surface area contributed by atoms with Crippen molar-refractivity contribution in [3.8, 4) is 0 Å². The molecule has 31 heavy (non-hydrogen) atoms. The Bertz CT molecular complexity index is 1130. The van der Waals surface area contributed by atoms with E-state index in [1.54, 1.807) is 30.2 Å². The third-order valence-corrected chi connectivity index (χ3v) is 5.90. The van der Waals surface area contributed by atoms with E-state index < -0.39 is 0 Å². The molecule has 0 aliphatic heterocycles. The van der Waals surface area contributed by atoms with Gasteiger partial charge in [0.25, 0.3) is 5.91 Å². The number of hydrogen-bond acceptors (Lipinski definition) is 11. The average Bonchev–Trinajstić information content (AvgIpc) is 3.46. The fourth-order valence-electron chi connectivity index (χ4n) is 2.67. The first-order valence-electron chi connectivity index (χ1n) is 9.49. The Balaban J connectivity index is 1.25. The molecule has 4 aromatic rings. The van der Waals surface area contributed by atoms with Crippen molar-refractivity contribution in [2.75, 3.05) is 30.0 Å². The van der Waals surface area contributed by atoms with Gasteiger partial charge in [-0.25, -0.2) is 15.0 Å². The molecule has 1 aromatic carbocycles. The lowest BCUT2D eigenvalue weighted by Gasteiger charge is -2.05. The molecule has 160 valence electrons. The highest BCUT2D eigenvalue weighted by molar-refractivity contribution is 7.98. The molecule has 0 saturated heterocycles. The van der Waals surface area contributed by atoms with Gasteiger partial charge in [0.05, 0.1) is 16.8 Å². The third kappa shape index (κ3) is 5.67. The quantitative estimate of drug-likeness (QED) is 0.242. The fraction of sp³-hybridized carbons (Fsp3) is 0.263. The van der Waals surface area contributed by atoms with Gasteiger partial charge in [0.1, 0.15) is 0 Å². The van der Waals surface area contributed by atoms with Crippen LogP contribution in [0.25, 0.3) is 10.2 Å². The van der Waals surface area contributed by atoms with E-state index in [1.807, 2.05) is 18.4 Å². The molecule has 0 atom stereocenters. The first kappa shape index (κ1) is 21.0. The van der Waals surface area contributed by atoms with E-state index in [9.17, 15) is 4.79 Å². The van der Waals surface area contributed by atoms with E-state index in [0.717, 1.165) is 39.8 Å². The fourth-order valence-corrected chi connectivity index (χ4v) is 3.92. The molecule has 3 aromatic heterocycles. The van der Waals surface area contributed by atoms with Crippen molar-refractivity contribution in [2.45, 2.75) is 17.9 Å². The van der Waals surface area contributed by atoms with Gasteiger partial charge in [0.15, 0.2) is 11.0 Å². The van der Waals surface area contributed by atoms with Crippen molar-refractivity contribution >= 4 is 50.3 Å². The highest BCUT2D eigenvalue weighted by Gasteiger charge is 2.10. The van der Waals surface area contributed by atoms with Crippen LogP contribution >= 0.6 is 23.1 Å². The summed E-state index contributed by atoms with van der Waals surface area (Å²) in [5.74, 6) is 0.855. The summed E-state index contributed by atoms with van der Waals surface area (Å²) in [6.45, 7) is 1.72. The minimum Gasteiger partial charge on any atom is -0.361 e. The lowest BCUT2D eigenvalue weighted by molar-refractivity contribution is 0.0950. The minimum absolute atomic E-state index is 0.200. The summed E-state index contributed by atoms with van der Waals surface area (Å²) >= 11 is 3.13. The average molecular weight is 457 g/mol. The predicted molar refractivity (Wildman–Crippen MR) is 120 cm³/mol. The van der Waals surface area contributed by atoms with Crippen molar-refractivity contribution < 1.29 is 9.32 Å². The largest absolute Gasteiger partial charge is 0.361 e. The van der Waals surface area contributed by atoms with Gasteiger partial charge < -0.3 is 20.5 Å². The second kappa shape index (κ2) is 10.2. The number of carbonyl (C=O) groups excluding carboxylic acids is 1. The summed E-state index contributed by atoms with van der Waals surface area (Å²) in [5, 5.41) is 13.8. The van der Waals surface area contributed by atoms with Crippen LogP contribution in [-0.2, 0) is 6.54 Å². The van der Waals surface area contributed by atoms with Gasteiger partial charge in [-0.15, -0.1) is 11.8 Å². The van der Waals surface area contributed by atoms with Crippen molar-refractivity contribution in [3.05, 3.63) is 48.4 Å². The molecule has 12 heteroatoms. The number of nitrogens with zero attached hydrogens (tertiary/aromatic N) is 5. The van der Waals surface area contributed by atoms with Gasteiger partial charge in [-0.05, 0) is 30.9 Å². The summed E-state index contributed by atoms with van der Waals surface area (Å²) in [7, 11) is 0. The standard InChI is InChI=1S/C19H20N8O2S2/c1-30-13-8-23-18(24-9-13)20-5-2-6-21-19-26-14-4-3-12(7-15(14)31-19)17(28)22-10-16-25-11-29-27-16/h3-4,7-9,11H,2,5-6,10H2,1H3,(H,21,26)(H,22,28)(H,20,23,24). The molecule has 0 unspecified atom stereocenters. The maximum absolute atomic E-state index is 12.3. The maximum Gasteiger partial charge on any atom is 0.251 e. The lowest BCUT2D eigenvalue weighted by atomic mass is 10.2. The molecule has 3 heterocycles. The van der Waals surface area contributed by atoms with Gasteiger partial charge in [0, 0.05) is 35.9 Å². The van der Waals surface area contributed by atoms with Gasteiger partial charge in [-0.2, -0.15) is 4.98 Å². The summed E-state index contributed by atoms with van der Waals surface area (Å²) in [6.07, 6.45) is 7.71. The number of nitrogens with one attached hydrogen (secondary N) is 3. The van der Waals surface area contributed by atoms with Crippen molar-refractivity contribution in [3.63, 3.8) is 0 Å². The summed E-state index contributed by atoms with van der Waals surface area (Å²) in [6, 6.07) is 5.43. The van der Waals surface area contributed by atoms with Crippen LogP contribution in [0.5, 0.6) is 0 Å². The van der Waals surface area contributed by atoms with Crippen molar-refractivity contribution in [2.24, 2.45) is 0 Å². The second-order valence-electron chi connectivity index (χ2n) is 6.39. The highest BCUT2D eigenvalue weighted by Crippen LogP contribution is 2.26. The number of thiazole rings is 1. The van der Waals surface area contributed by atoms with Crippen LogP contribution in [0.2, 0.25) is 0 Å². The van der Waals surface area contributed by atoms with Crippen molar-refractivity contribution in [1.82, 2.24) is 30.4 Å². The minimum atomic E-state index is -0.200. The first-order chi connectivity index (χ1) is 15.2. The molecule has 0 spiro atoms. The Morgan fingerprint density at radius 2 is 2.00 bits per heavy atom. The number of rotatable bonds is 10. The number of fused-ring (bicyclic) bond motifs is 1. The SMILES string of the molecule is CSc1cnc(NCCCNc2nc3ccc(C(=O)NCc4ncon4)cc3s2)nc1. The molecule has 3 N–H and O–H groups in total. The topological polar surface area (TPSA) is 131 Å². The molecule has 0 aliphatic rings. The van der Waals surface area contributed by atoms with Crippen LogP contribution < -0.4 is 16.0 Å². The first-order valence-corrected chi connectivity index (χ1v) is 11.5. The van der Waals surface area contributed by atoms with Gasteiger partial charge >= 0.3 is 0 Å². The Kier molecular flexibility index (Phi) is 6.89. The number of carbonyl (C=O) groups is 1. The van der Waals surface area contributed by atoms with Crippen molar-refractivity contribution in [1.29, 1.82) is 0 Å². The molecular weight excluding hydrogens is 436 g/mol. The Labute approximate surface area is 186 Å². The van der Waals surface area contributed by atoms with Crippen LogP contribution in [0, 0.1) is 0 Å². The second-order valence-corrected chi connectivity index (χ2v) is 8.30. The van der Waals surface area contributed by atoms with Crippen LogP contribution in [0.3, 0.4) is 0 Å². The Morgan fingerprint density at radius 3 is 2.77 bits per heavy atom. The van der Waals surface area contributed by atoms with Gasteiger partial charge in [-0.1, -0.05) is 16.5 Å². The lowest BCUT2D eigenvalue weighted by Crippen LogP contribution is -2.23. The van der Waals surface area contributed by atoms with E-state index in [4.69, 9.17) is 0 Å². The van der Waals surface area contributed by atoms with Crippen LogP contribution in [0.15, 0.2) is 46.4 Å². The molecule has 1 amide bonds. The monoisotopic (exact) mass is 456 g/mol. The van der Waals surface area contributed by atoms with Gasteiger partial charge in [-0.3, -0.25) is 4.79 Å². The number of amides is 1. The Morgan fingerprint density at radius 1 is 1.16 bits per heavy atom. The van der Waals surface area contributed by atoms with E-state index in [0.29, 0.717) is 17.3 Å². The van der Waals surface area contributed by atoms with Gasteiger partial charge in [0.2, 0.25) is 12.3 Å². The molecule has 4 rings (SSSR count). The van der Waals surface area contributed by atoms with E-state index in [2.05, 4.69) is 45.6 Å². The molecule has 0 radical (unpaired) electrons. The molecule has 0 fully saturated rings. The summed E-state index contributed by atoms with van der Waals surface area (Å²) in [4.78, 5) is 30.4. The third-order valence-electron chi connectivity index (χ3n) is 4.24. The number of hydrogen-bond donors (Lipinski definition) is 3. The number of anilines is 2. The van der Waals surface area contributed by atoms with Crippen LogP contribution in [0.4, 0.5) is 11.1 Å². The zero-order chi connectivity index (χ0) is 21.5. The smallest absolute Gasteiger partial charge is 0.251 e. The van der Waals surface area contributed by atoms with Crippen LogP contribution in [-0.4, -0.2) is 50.3 Å². The van der Waals surface area contributed by atoms with E-state index in [1.165, 1.54) is 17.7 Å². The highest BCUT2D eigenvalue weighted by atomic mass is 32.2.